The molecule has 5 N–H and O–H groups in total. The van der Waals surface area contributed by atoms with Crippen molar-refractivity contribution < 1.29 is 44.6 Å². The summed E-state index contributed by atoms with van der Waals surface area (Å²) in [5, 5.41) is 56.8. The molecule has 2 heterocycles. The Morgan fingerprint density at radius 2 is 1.15 bits per heavy atom. The van der Waals surface area contributed by atoms with Gasteiger partial charge >= 0.3 is 0 Å². The van der Waals surface area contributed by atoms with Crippen molar-refractivity contribution in [3.05, 3.63) is 88.0 Å². The highest BCUT2D eigenvalue weighted by molar-refractivity contribution is 6.12. The SMILES string of the molecule is O=C1c2ccccc2[C@]2(O)Oc3c(c(O)cc4c3[C@]3(O)C(=O)c5ccccc5[C@]3(O)O4)[C@]12O. The molecular weight excluding hydrogens is 432 g/mol. The van der Waals surface area contributed by atoms with Crippen LogP contribution in [0.3, 0.4) is 0 Å². The minimum absolute atomic E-state index is 0.000948. The number of carbonyl (C=O) groups is 2. The van der Waals surface area contributed by atoms with E-state index in [-0.39, 0.29) is 28.0 Å². The number of rotatable bonds is 0. The third kappa shape index (κ3) is 1.60. The van der Waals surface area contributed by atoms with Crippen LogP contribution in [-0.2, 0) is 22.8 Å². The highest BCUT2D eigenvalue weighted by Crippen LogP contribution is 2.68. The van der Waals surface area contributed by atoms with Crippen molar-refractivity contribution in [3.63, 3.8) is 0 Å². The Morgan fingerprint density at radius 1 is 0.667 bits per heavy atom. The first-order chi connectivity index (χ1) is 15.6. The lowest BCUT2D eigenvalue weighted by Crippen LogP contribution is -2.49. The minimum atomic E-state index is -2.77. The molecule has 0 fully saturated rings. The summed E-state index contributed by atoms with van der Waals surface area (Å²) in [7, 11) is 0. The van der Waals surface area contributed by atoms with Gasteiger partial charge in [0.25, 0.3) is 11.6 Å². The van der Waals surface area contributed by atoms with Crippen LogP contribution in [0.1, 0.15) is 43.0 Å². The quantitative estimate of drug-likeness (QED) is 0.335. The molecule has 3 aromatic rings. The summed E-state index contributed by atoms with van der Waals surface area (Å²) in [6, 6.07) is 12.7. The molecule has 164 valence electrons. The summed E-state index contributed by atoms with van der Waals surface area (Å²) >= 11 is 0. The first-order valence-electron chi connectivity index (χ1n) is 10.1. The van der Waals surface area contributed by atoms with E-state index in [9.17, 15) is 35.1 Å². The number of phenols is 1. The predicted molar refractivity (Wildman–Crippen MR) is 106 cm³/mol. The van der Waals surface area contributed by atoms with E-state index in [1.165, 1.54) is 30.3 Å². The molecule has 0 radical (unpaired) electrons. The Morgan fingerprint density at radius 3 is 1.73 bits per heavy atom. The molecule has 0 amide bonds. The van der Waals surface area contributed by atoms with Gasteiger partial charge in [-0.3, -0.25) is 9.59 Å². The van der Waals surface area contributed by atoms with E-state index in [1.807, 2.05) is 0 Å². The number of hydrogen-bond acceptors (Lipinski definition) is 9. The molecule has 9 nitrogen and oxygen atoms in total. The van der Waals surface area contributed by atoms with Gasteiger partial charge in [0.1, 0.15) is 17.2 Å². The lowest BCUT2D eigenvalue weighted by molar-refractivity contribution is -0.231. The number of carbonyl (C=O) groups excluding carboxylic acids is 2. The van der Waals surface area contributed by atoms with Crippen LogP contribution in [0.2, 0.25) is 0 Å². The first-order valence-corrected chi connectivity index (χ1v) is 10.1. The number of ketones is 2. The summed E-state index contributed by atoms with van der Waals surface area (Å²) in [4.78, 5) is 26.5. The van der Waals surface area contributed by atoms with Gasteiger partial charge < -0.3 is 35.0 Å². The minimum Gasteiger partial charge on any atom is -0.507 e. The summed E-state index contributed by atoms with van der Waals surface area (Å²) < 4.78 is 11.3. The van der Waals surface area contributed by atoms with Gasteiger partial charge in [0, 0.05) is 28.3 Å². The van der Waals surface area contributed by atoms with E-state index < -0.39 is 57.0 Å². The van der Waals surface area contributed by atoms with Crippen LogP contribution in [0.25, 0.3) is 0 Å². The Kier molecular flexibility index (Phi) is 2.89. The number of ether oxygens (including phenoxy) is 2. The monoisotopic (exact) mass is 446 g/mol. The van der Waals surface area contributed by atoms with Gasteiger partial charge in [0.2, 0.25) is 22.8 Å². The third-order valence-electron chi connectivity index (χ3n) is 7.17. The van der Waals surface area contributed by atoms with Crippen molar-refractivity contribution in [1.29, 1.82) is 0 Å². The molecule has 33 heavy (non-hydrogen) atoms. The van der Waals surface area contributed by atoms with Crippen molar-refractivity contribution in [2.24, 2.45) is 0 Å². The fourth-order valence-corrected chi connectivity index (χ4v) is 5.67. The van der Waals surface area contributed by atoms with Crippen LogP contribution in [0, 0.1) is 0 Å². The smallest absolute Gasteiger partial charge is 0.277 e. The average Bonchev–Trinajstić information content (AvgIpc) is 3.31. The van der Waals surface area contributed by atoms with Crippen molar-refractivity contribution in [1.82, 2.24) is 0 Å². The van der Waals surface area contributed by atoms with Crippen LogP contribution in [0.4, 0.5) is 0 Å². The van der Waals surface area contributed by atoms with E-state index in [4.69, 9.17) is 9.47 Å². The lowest BCUT2D eigenvalue weighted by Gasteiger charge is -2.30. The third-order valence-corrected chi connectivity index (χ3v) is 7.17. The zero-order valence-corrected chi connectivity index (χ0v) is 16.6. The van der Waals surface area contributed by atoms with E-state index >= 15 is 0 Å². The molecule has 3 aromatic carbocycles. The van der Waals surface area contributed by atoms with Crippen molar-refractivity contribution >= 4 is 11.6 Å². The summed E-state index contributed by atoms with van der Waals surface area (Å²) in [6.07, 6.45) is 0. The molecule has 2 aliphatic carbocycles. The highest BCUT2D eigenvalue weighted by Gasteiger charge is 2.76. The average molecular weight is 446 g/mol. The largest absolute Gasteiger partial charge is 0.507 e. The molecule has 0 aromatic heterocycles. The van der Waals surface area contributed by atoms with Gasteiger partial charge in [-0.2, -0.15) is 0 Å². The number of phenolic OH excluding ortho intramolecular Hbond substituents is 1. The number of aromatic hydroxyl groups is 1. The van der Waals surface area contributed by atoms with Crippen molar-refractivity contribution in [2.75, 3.05) is 0 Å². The van der Waals surface area contributed by atoms with E-state index in [0.717, 1.165) is 6.07 Å². The Balaban J connectivity index is 1.55. The van der Waals surface area contributed by atoms with Gasteiger partial charge in [0.15, 0.2) is 0 Å². The molecule has 2 aliphatic heterocycles. The van der Waals surface area contributed by atoms with E-state index in [0.29, 0.717) is 0 Å². The summed E-state index contributed by atoms with van der Waals surface area (Å²) in [5.74, 6) is -8.55. The van der Waals surface area contributed by atoms with Crippen LogP contribution in [0.5, 0.6) is 17.2 Å². The normalized spacial score (nSPS) is 34.1. The molecule has 4 aliphatic rings. The fourth-order valence-electron chi connectivity index (χ4n) is 5.67. The maximum Gasteiger partial charge on any atom is 0.277 e. The van der Waals surface area contributed by atoms with Gasteiger partial charge in [-0.25, -0.2) is 0 Å². The first kappa shape index (κ1) is 18.8. The van der Waals surface area contributed by atoms with Crippen molar-refractivity contribution in [2.45, 2.75) is 22.8 Å². The standard InChI is InChI=1S/C24H14O9/c25-14-9-15-17(22(29)20(27)10-5-1-3-7-12(10)23(22,30)32-15)18-16(14)21(28)19(26)11-6-2-4-8-13(11)24(21,31)33-18/h1-9,25,28-31H/t21-,22-,23-,24-/m0/s1. The second-order valence-electron chi connectivity index (χ2n) is 8.64. The van der Waals surface area contributed by atoms with E-state index in [1.54, 1.807) is 18.2 Å². The number of fused-ring (bicyclic) bond motifs is 11. The maximum absolute atomic E-state index is 13.3. The number of hydrogen-bond donors (Lipinski definition) is 5. The maximum atomic E-state index is 13.3. The van der Waals surface area contributed by atoms with Gasteiger partial charge in [-0.15, -0.1) is 0 Å². The molecular formula is C24H14O9. The summed E-state index contributed by atoms with van der Waals surface area (Å²) in [6.45, 7) is 0. The molecule has 0 saturated carbocycles. The summed E-state index contributed by atoms with van der Waals surface area (Å²) in [5.41, 5.74) is -6.48. The lowest BCUT2D eigenvalue weighted by atomic mass is 9.81. The van der Waals surface area contributed by atoms with Crippen LogP contribution >= 0.6 is 0 Å². The van der Waals surface area contributed by atoms with Gasteiger partial charge in [-0.05, 0) is 0 Å². The molecule has 4 atom stereocenters. The van der Waals surface area contributed by atoms with Crippen LogP contribution in [0.15, 0.2) is 54.6 Å². The molecule has 0 spiro atoms. The van der Waals surface area contributed by atoms with Gasteiger partial charge in [-0.1, -0.05) is 48.5 Å². The fraction of sp³-hybridized carbons (Fsp3) is 0.167. The Bertz CT molecular complexity index is 1500. The number of aliphatic hydroxyl groups is 4. The van der Waals surface area contributed by atoms with Gasteiger partial charge in [0.05, 0.1) is 11.1 Å². The zero-order valence-electron chi connectivity index (χ0n) is 16.6. The Labute approximate surface area is 184 Å². The van der Waals surface area contributed by atoms with Crippen LogP contribution < -0.4 is 9.47 Å². The molecule has 0 saturated heterocycles. The topological polar surface area (TPSA) is 154 Å². The molecule has 0 bridgehead atoms. The number of Topliss-reactive ketones (excluding diaryl/α,β-unsaturated/α-hetero) is 2. The zero-order chi connectivity index (χ0) is 23.1. The van der Waals surface area contributed by atoms with Crippen LogP contribution in [-0.4, -0.2) is 37.1 Å². The molecule has 9 heteroatoms. The molecule has 7 rings (SSSR count). The molecule has 0 unspecified atom stereocenters. The highest BCUT2D eigenvalue weighted by atomic mass is 16.7. The number of benzene rings is 3. The second kappa shape index (κ2) is 5.08. The Hall–Kier alpha value is -3.76. The van der Waals surface area contributed by atoms with E-state index in [2.05, 4.69) is 0 Å². The second-order valence-corrected chi connectivity index (χ2v) is 8.64. The predicted octanol–water partition coefficient (Wildman–Crippen LogP) is 0.635. The van der Waals surface area contributed by atoms with Crippen molar-refractivity contribution in [3.8, 4) is 17.2 Å².